The lowest BCUT2D eigenvalue weighted by molar-refractivity contribution is 0.431. The van der Waals surface area contributed by atoms with Gasteiger partial charge in [0.05, 0.1) is 27.5 Å². The number of halogens is 2. The first-order valence-electron chi connectivity index (χ1n) is 6.79. The van der Waals surface area contributed by atoms with E-state index in [0.717, 1.165) is 36.4 Å². The Bertz CT molecular complexity index is 614. The van der Waals surface area contributed by atoms with Crippen LogP contribution in [-0.2, 0) is 0 Å². The molecule has 2 heterocycles. The molecule has 0 aliphatic carbocycles. The minimum absolute atomic E-state index is 0.502. The van der Waals surface area contributed by atoms with Crippen LogP contribution >= 0.6 is 34.9 Å². The van der Waals surface area contributed by atoms with Crippen molar-refractivity contribution in [2.75, 3.05) is 24.5 Å². The molecule has 1 aliphatic rings. The second-order valence-corrected chi connectivity index (χ2v) is 6.38. The van der Waals surface area contributed by atoms with Crippen molar-refractivity contribution in [1.82, 2.24) is 14.1 Å². The van der Waals surface area contributed by atoms with Crippen LogP contribution in [0.5, 0.6) is 0 Å². The van der Waals surface area contributed by atoms with Gasteiger partial charge in [-0.05, 0) is 12.5 Å². The SMILES string of the molecule is CCCC1CN(c2c(Cl)cc(Cl)c3nsnc23)CCN1. The summed E-state index contributed by atoms with van der Waals surface area (Å²) in [4.78, 5) is 2.30. The zero-order valence-corrected chi connectivity index (χ0v) is 13.5. The van der Waals surface area contributed by atoms with E-state index in [1.54, 1.807) is 6.07 Å². The fraction of sp³-hybridized carbons (Fsp3) is 0.538. The molecule has 1 aromatic heterocycles. The molecule has 1 fully saturated rings. The Morgan fingerprint density at radius 1 is 1.35 bits per heavy atom. The maximum Gasteiger partial charge on any atom is 0.131 e. The summed E-state index contributed by atoms with van der Waals surface area (Å²) in [7, 11) is 0. The van der Waals surface area contributed by atoms with E-state index in [0.29, 0.717) is 16.1 Å². The molecule has 108 valence electrons. The van der Waals surface area contributed by atoms with Gasteiger partial charge in [0.15, 0.2) is 0 Å². The third-order valence-corrected chi connectivity index (χ3v) is 4.73. The summed E-state index contributed by atoms with van der Waals surface area (Å²) < 4.78 is 8.65. The molecule has 0 bridgehead atoms. The van der Waals surface area contributed by atoms with Crippen LogP contribution in [0.2, 0.25) is 10.0 Å². The zero-order chi connectivity index (χ0) is 14.1. The monoisotopic (exact) mass is 330 g/mol. The van der Waals surface area contributed by atoms with Crippen molar-refractivity contribution in [2.45, 2.75) is 25.8 Å². The van der Waals surface area contributed by atoms with Crippen molar-refractivity contribution in [3.63, 3.8) is 0 Å². The maximum atomic E-state index is 6.41. The van der Waals surface area contributed by atoms with Gasteiger partial charge in [0.1, 0.15) is 11.0 Å². The molecule has 3 rings (SSSR count). The third kappa shape index (κ3) is 2.60. The highest BCUT2D eigenvalue weighted by Gasteiger charge is 2.24. The van der Waals surface area contributed by atoms with Gasteiger partial charge in [-0.2, -0.15) is 8.75 Å². The molecule has 1 unspecified atom stereocenters. The smallest absolute Gasteiger partial charge is 0.131 e. The quantitative estimate of drug-likeness (QED) is 0.933. The Morgan fingerprint density at radius 2 is 2.15 bits per heavy atom. The number of aromatic nitrogens is 2. The van der Waals surface area contributed by atoms with E-state index in [4.69, 9.17) is 23.2 Å². The highest BCUT2D eigenvalue weighted by molar-refractivity contribution is 7.00. The molecule has 0 amide bonds. The van der Waals surface area contributed by atoms with Crippen LogP contribution in [0.4, 0.5) is 5.69 Å². The number of benzene rings is 1. The number of hydrogen-bond donors (Lipinski definition) is 1. The molecule has 1 saturated heterocycles. The molecule has 4 nitrogen and oxygen atoms in total. The van der Waals surface area contributed by atoms with E-state index < -0.39 is 0 Å². The summed E-state index contributed by atoms with van der Waals surface area (Å²) in [5.41, 5.74) is 2.55. The molecule has 0 radical (unpaired) electrons. The van der Waals surface area contributed by atoms with Crippen LogP contribution in [-0.4, -0.2) is 34.4 Å². The number of rotatable bonds is 3. The third-order valence-electron chi connectivity index (χ3n) is 3.63. The van der Waals surface area contributed by atoms with Gasteiger partial charge in [0, 0.05) is 25.7 Å². The van der Waals surface area contributed by atoms with Crippen LogP contribution in [0.25, 0.3) is 11.0 Å². The summed E-state index contributed by atoms with van der Waals surface area (Å²) in [5, 5.41) is 4.78. The van der Waals surface area contributed by atoms with Crippen molar-refractivity contribution < 1.29 is 0 Å². The van der Waals surface area contributed by atoms with Gasteiger partial charge in [0.2, 0.25) is 0 Å². The summed E-state index contributed by atoms with van der Waals surface area (Å²) >= 11 is 13.8. The van der Waals surface area contributed by atoms with Crippen LogP contribution in [0.3, 0.4) is 0 Å². The van der Waals surface area contributed by atoms with Crippen LogP contribution < -0.4 is 10.2 Å². The minimum Gasteiger partial charge on any atom is -0.366 e. The molecule has 1 aliphatic heterocycles. The van der Waals surface area contributed by atoms with E-state index >= 15 is 0 Å². The predicted molar refractivity (Wildman–Crippen MR) is 86.3 cm³/mol. The lowest BCUT2D eigenvalue weighted by Crippen LogP contribution is -2.50. The molecule has 1 atom stereocenters. The average Bonchev–Trinajstić information content (AvgIpc) is 2.89. The number of anilines is 1. The van der Waals surface area contributed by atoms with Gasteiger partial charge < -0.3 is 10.2 Å². The molecule has 1 aromatic carbocycles. The maximum absolute atomic E-state index is 6.41. The van der Waals surface area contributed by atoms with Crippen molar-refractivity contribution in [1.29, 1.82) is 0 Å². The first-order chi connectivity index (χ1) is 9.70. The summed E-state index contributed by atoms with van der Waals surface area (Å²) in [6, 6.07) is 2.28. The van der Waals surface area contributed by atoms with E-state index in [1.165, 1.54) is 24.6 Å². The number of hydrogen-bond acceptors (Lipinski definition) is 5. The van der Waals surface area contributed by atoms with E-state index in [2.05, 4.69) is 25.9 Å². The van der Waals surface area contributed by atoms with Crippen molar-refractivity contribution in [2.24, 2.45) is 0 Å². The summed E-state index contributed by atoms with van der Waals surface area (Å²) in [5.74, 6) is 0. The van der Waals surface area contributed by atoms with Gasteiger partial charge in [-0.25, -0.2) is 0 Å². The largest absolute Gasteiger partial charge is 0.366 e. The highest BCUT2D eigenvalue weighted by atomic mass is 35.5. The molecule has 20 heavy (non-hydrogen) atoms. The second kappa shape index (κ2) is 6.02. The van der Waals surface area contributed by atoms with Gasteiger partial charge in [0.25, 0.3) is 0 Å². The average molecular weight is 331 g/mol. The Hall–Kier alpha value is -0.620. The standard InChI is InChI=1S/C13H16Cl2N4S/c1-2-3-8-7-19(5-4-16-8)13-10(15)6-9(14)11-12(13)18-20-17-11/h6,8,16H,2-5,7H2,1H3. The molecule has 2 aromatic rings. The van der Waals surface area contributed by atoms with E-state index in [1.807, 2.05) is 0 Å². The summed E-state index contributed by atoms with van der Waals surface area (Å²) in [6.45, 7) is 5.04. The zero-order valence-electron chi connectivity index (χ0n) is 11.2. The Kier molecular flexibility index (Phi) is 4.31. The fourth-order valence-corrected chi connectivity index (χ4v) is 3.96. The van der Waals surface area contributed by atoms with Crippen LogP contribution in [0.15, 0.2) is 6.07 Å². The Morgan fingerprint density at radius 3 is 2.95 bits per heavy atom. The lowest BCUT2D eigenvalue weighted by atomic mass is 10.1. The van der Waals surface area contributed by atoms with E-state index in [-0.39, 0.29) is 0 Å². The first-order valence-corrected chi connectivity index (χ1v) is 8.28. The van der Waals surface area contributed by atoms with Crippen LogP contribution in [0, 0.1) is 0 Å². The Balaban J connectivity index is 1.99. The number of fused-ring (bicyclic) bond motifs is 1. The molecule has 1 N–H and O–H groups in total. The highest BCUT2D eigenvalue weighted by Crippen LogP contribution is 2.38. The first kappa shape index (κ1) is 14.3. The van der Waals surface area contributed by atoms with Gasteiger partial charge in [-0.15, -0.1) is 0 Å². The van der Waals surface area contributed by atoms with Gasteiger partial charge in [-0.1, -0.05) is 36.5 Å². The molecular formula is C13H16Cl2N4S. The number of piperazine rings is 1. The summed E-state index contributed by atoms with van der Waals surface area (Å²) in [6.07, 6.45) is 2.34. The van der Waals surface area contributed by atoms with Gasteiger partial charge in [-0.3, -0.25) is 0 Å². The Labute approximate surface area is 132 Å². The molecule has 7 heteroatoms. The minimum atomic E-state index is 0.502. The fourth-order valence-electron chi connectivity index (χ4n) is 2.73. The molecule has 0 spiro atoms. The number of nitrogens with zero attached hydrogens (tertiary/aromatic N) is 3. The van der Waals surface area contributed by atoms with Gasteiger partial charge >= 0.3 is 0 Å². The van der Waals surface area contributed by atoms with Crippen LogP contribution in [0.1, 0.15) is 19.8 Å². The van der Waals surface area contributed by atoms with Crippen molar-refractivity contribution in [3.05, 3.63) is 16.1 Å². The molecule has 0 saturated carbocycles. The molecular weight excluding hydrogens is 315 g/mol. The lowest BCUT2D eigenvalue weighted by Gasteiger charge is -2.35. The predicted octanol–water partition coefficient (Wildman–Crippen LogP) is 3.58. The van der Waals surface area contributed by atoms with Crippen molar-refractivity contribution in [3.8, 4) is 0 Å². The van der Waals surface area contributed by atoms with E-state index in [9.17, 15) is 0 Å². The topological polar surface area (TPSA) is 41.1 Å². The second-order valence-electron chi connectivity index (χ2n) is 5.04. The number of nitrogens with one attached hydrogen (secondary N) is 1. The van der Waals surface area contributed by atoms with Crippen molar-refractivity contribution >= 4 is 51.7 Å². The normalized spacial score (nSPS) is 19.8.